The van der Waals surface area contributed by atoms with E-state index in [4.69, 9.17) is 4.52 Å². The fourth-order valence-corrected chi connectivity index (χ4v) is 3.25. The van der Waals surface area contributed by atoms with Crippen molar-refractivity contribution in [3.05, 3.63) is 71.9 Å². The third-order valence-electron chi connectivity index (χ3n) is 3.49. The fourth-order valence-electron chi connectivity index (χ4n) is 2.20. The van der Waals surface area contributed by atoms with Gasteiger partial charge in [-0.3, -0.25) is 9.52 Å². The SMILES string of the molecule is Cc1oncc1C(=O)Nc1cccc(NS(=O)(=O)c2ccc(F)cc2)c1. The molecule has 3 aromatic rings. The number of carbonyl (C=O) groups is 1. The molecule has 0 bridgehead atoms. The van der Waals surface area contributed by atoms with Gasteiger partial charge >= 0.3 is 0 Å². The van der Waals surface area contributed by atoms with E-state index in [1.54, 1.807) is 19.1 Å². The van der Waals surface area contributed by atoms with Crippen molar-refractivity contribution >= 4 is 27.3 Å². The number of aromatic nitrogens is 1. The molecule has 0 aliphatic carbocycles. The maximum Gasteiger partial charge on any atom is 0.261 e. The Bertz CT molecular complexity index is 1050. The van der Waals surface area contributed by atoms with Crippen molar-refractivity contribution in [2.45, 2.75) is 11.8 Å². The van der Waals surface area contributed by atoms with Crippen LogP contribution in [0.4, 0.5) is 15.8 Å². The maximum atomic E-state index is 13.0. The van der Waals surface area contributed by atoms with Gasteiger partial charge in [0.15, 0.2) is 0 Å². The predicted molar refractivity (Wildman–Crippen MR) is 92.8 cm³/mol. The standard InChI is InChI=1S/C17H14FN3O4S/c1-11-16(10-19-25-11)17(22)20-13-3-2-4-14(9-13)21-26(23,24)15-7-5-12(18)6-8-15/h2-10,21H,1H3,(H,20,22). The molecule has 0 unspecified atom stereocenters. The summed E-state index contributed by atoms with van der Waals surface area (Å²) >= 11 is 0. The van der Waals surface area contributed by atoms with E-state index in [2.05, 4.69) is 15.2 Å². The molecule has 0 radical (unpaired) electrons. The number of aryl methyl sites for hydroxylation is 1. The average Bonchev–Trinajstić information content (AvgIpc) is 3.01. The van der Waals surface area contributed by atoms with Gasteiger partial charge in [0.2, 0.25) is 0 Å². The van der Waals surface area contributed by atoms with E-state index in [-0.39, 0.29) is 16.1 Å². The number of sulfonamides is 1. The Morgan fingerprint density at radius 3 is 2.46 bits per heavy atom. The van der Waals surface area contributed by atoms with Crippen molar-refractivity contribution in [3.8, 4) is 0 Å². The van der Waals surface area contributed by atoms with Crippen LogP contribution in [0.5, 0.6) is 0 Å². The molecule has 134 valence electrons. The van der Waals surface area contributed by atoms with Crippen LogP contribution in [0.15, 0.2) is 64.1 Å². The second-order valence-electron chi connectivity index (χ2n) is 5.39. The minimum Gasteiger partial charge on any atom is -0.361 e. The zero-order valence-electron chi connectivity index (χ0n) is 13.6. The van der Waals surface area contributed by atoms with Crippen LogP contribution in [0.3, 0.4) is 0 Å². The van der Waals surface area contributed by atoms with E-state index < -0.39 is 21.7 Å². The number of hydrogen-bond acceptors (Lipinski definition) is 5. The third-order valence-corrected chi connectivity index (χ3v) is 4.89. The summed E-state index contributed by atoms with van der Waals surface area (Å²) in [5.41, 5.74) is 0.909. The number of hydrogen-bond donors (Lipinski definition) is 2. The normalized spacial score (nSPS) is 11.2. The van der Waals surface area contributed by atoms with Crippen LogP contribution >= 0.6 is 0 Å². The second-order valence-corrected chi connectivity index (χ2v) is 7.07. The number of nitrogens with one attached hydrogen (secondary N) is 2. The molecular weight excluding hydrogens is 361 g/mol. The van der Waals surface area contributed by atoms with Crippen LogP contribution in [0.25, 0.3) is 0 Å². The van der Waals surface area contributed by atoms with Crippen LogP contribution in [0.1, 0.15) is 16.1 Å². The molecule has 0 atom stereocenters. The molecule has 1 heterocycles. The topological polar surface area (TPSA) is 101 Å². The van der Waals surface area contributed by atoms with Crippen LogP contribution in [-0.4, -0.2) is 19.5 Å². The first-order valence-corrected chi connectivity index (χ1v) is 8.94. The van der Waals surface area contributed by atoms with Gasteiger partial charge in [0, 0.05) is 5.69 Å². The van der Waals surface area contributed by atoms with E-state index in [0.717, 1.165) is 24.3 Å². The van der Waals surface area contributed by atoms with Crippen molar-refractivity contribution in [2.24, 2.45) is 0 Å². The van der Waals surface area contributed by atoms with Crippen molar-refractivity contribution in [2.75, 3.05) is 10.0 Å². The first-order chi connectivity index (χ1) is 12.3. The second kappa shape index (κ2) is 6.96. The Kier molecular flexibility index (Phi) is 4.72. The van der Waals surface area contributed by atoms with E-state index in [9.17, 15) is 17.6 Å². The highest BCUT2D eigenvalue weighted by atomic mass is 32.2. The summed E-state index contributed by atoms with van der Waals surface area (Å²) in [7, 11) is -3.88. The molecule has 0 aliphatic rings. The number of nitrogens with zero attached hydrogens (tertiary/aromatic N) is 1. The number of anilines is 2. The Morgan fingerprint density at radius 2 is 1.81 bits per heavy atom. The monoisotopic (exact) mass is 375 g/mol. The number of carbonyl (C=O) groups excluding carboxylic acids is 1. The van der Waals surface area contributed by atoms with Crippen LogP contribution in [0.2, 0.25) is 0 Å². The lowest BCUT2D eigenvalue weighted by Gasteiger charge is -2.10. The molecule has 0 saturated carbocycles. The van der Waals surface area contributed by atoms with Gasteiger partial charge in [0.25, 0.3) is 15.9 Å². The fraction of sp³-hybridized carbons (Fsp3) is 0.0588. The molecule has 1 aromatic heterocycles. The summed E-state index contributed by atoms with van der Waals surface area (Å²) in [6.45, 7) is 1.61. The Hall–Kier alpha value is -3.20. The van der Waals surface area contributed by atoms with Gasteiger partial charge in [0.05, 0.1) is 16.8 Å². The van der Waals surface area contributed by atoms with Gasteiger partial charge < -0.3 is 9.84 Å². The molecule has 0 saturated heterocycles. The van der Waals surface area contributed by atoms with E-state index in [1.807, 2.05) is 0 Å². The minimum atomic E-state index is -3.88. The highest BCUT2D eigenvalue weighted by Crippen LogP contribution is 2.20. The highest BCUT2D eigenvalue weighted by molar-refractivity contribution is 7.92. The summed E-state index contributed by atoms with van der Waals surface area (Å²) in [4.78, 5) is 12.1. The Balaban J connectivity index is 1.78. The predicted octanol–water partition coefficient (Wildman–Crippen LogP) is 3.18. The van der Waals surface area contributed by atoms with Crippen molar-refractivity contribution in [1.29, 1.82) is 0 Å². The van der Waals surface area contributed by atoms with Gasteiger partial charge in [-0.05, 0) is 49.4 Å². The third kappa shape index (κ3) is 3.89. The molecule has 9 heteroatoms. The summed E-state index contributed by atoms with van der Waals surface area (Å²) in [6.07, 6.45) is 1.30. The molecule has 0 aliphatic heterocycles. The first kappa shape index (κ1) is 17.6. The summed E-state index contributed by atoms with van der Waals surface area (Å²) in [6, 6.07) is 10.6. The molecule has 26 heavy (non-hydrogen) atoms. The van der Waals surface area contributed by atoms with E-state index in [1.165, 1.54) is 18.3 Å². The molecule has 1 amide bonds. The molecule has 0 spiro atoms. The van der Waals surface area contributed by atoms with E-state index >= 15 is 0 Å². The van der Waals surface area contributed by atoms with Gasteiger partial charge in [-0.15, -0.1) is 0 Å². The van der Waals surface area contributed by atoms with Crippen molar-refractivity contribution < 1.29 is 22.1 Å². The molecule has 3 rings (SSSR count). The number of rotatable bonds is 5. The van der Waals surface area contributed by atoms with Gasteiger partial charge in [0.1, 0.15) is 17.1 Å². The quantitative estimate of drug-likeness (QED) is 0.713. The lowest BCUT2D eigenvalue weighted by molar-refractivity contribution is 0.102. The Labute approximate surface area is 148 Å². The smallest absolute Gasteiger partial charge is 0.261 e. The summed E-state index contributed by atoms with van der Waals surface area (Å²) < 4.78 is 44.8. The summed E-state index contributed by atoms with van der Waals surface area (Å²) in [5, 5.41) is 6.17. The largest absolute Gasteiger partial charge is 0.361 e. The highest BCUT2D eigenvalue weighted by Gasteiger charge is 2.16. The van der Waals surface area contributed by atoms with Crippen LogP contribution in [0, 0.1) is 12.7 Å². The number of halogens is 1. The molecular formula is C17H14FN3O4S. The maximum absolute atomic E-state index is 13.0. The minimum absolute atomic E-state index is 0.0755. The zero-order chi connectivity index (χ0) is 18.7. The van der Waals surface area contributed by atoms with Crippen LogP contribution in [-0.2, 0) is 10.0 Å². The zero-order valence-corrected chi connectivity index (χ0v) is 14.4. The Morgan fingerprint density at radius 1 is 1.12 bits per heavy atom. The van der Waals surface area contributed by atoms with Gasteiger partial charge in [-0.25, -0.2) is 12.8 Å². The van der Waals surface area contributed by atoms with Gasteiger partial charge in [-0.2, -0.15) is 0 Å². The number of amides is 1. The van der Waals surface area contributed by atoms with Crippen molar-refractivity contribution in [3.63, 3.8) is 0 Å². The van der Waals surface area contributed by atoms with Crippen LogP contribution < -0.4 is 10.0 Å². The van der Waals surface area contributed by atoms with Crippen molar-refractivity contribution in [1.82, 2.24) is 5.16 Å². The number of benzene rings is 2. The molecule has 2 aromatic carbocycles. The summed E-state index contributed by atoms with van der Waals surface area (Å²) in [5.74, 6) is -0.587. The molecule has 2 N–H and O–H groups in total. The average molecular weight is 375 g/mol. The van der Waals surface area contributed by atoms with E-state index in [0.29, 0.717) is 11.4 Å². The van der Waals surface area contributed by atoms with Gasteiger partial charge in [-0.1, -0.05) is 11.2 Å². The lowest BCUT2D eigenvalue weighted by atomic mass is 10.2. The first-order valence-electron chi connectivity index (χ1n) is 7.46. The molecule has 7 nitrogen and oxygen atoms in total. The molecule has 0 fully saturated rings. The lowest BCUT2D eigenvalue weighted by Crippen LogP contribution is -2.14.